The Labute approximate surface area is 93.3 Å². The standard InChI is InChI=1S/C10H15N3O3/c1-4-8-7(5-13(3)12-8)9(14)11-6(2)10(15)16/h5-6H,4H2,1-3H3,(H,11,14)(H,15,16). The van der Waals surface area contributed by atoms with Gasteiger partial charge in [0.1, 0.15) is 6.04 Å². The number of carboxylic acids is 1. The molecule has 16 heavy (non-hydrogen) atoms. The lowest BCUT2D eigenvalue weighted by Crippen LogP contribution is -2.38. The summed E-state index contributed by atoms with van der Waals surface area (Å²) < 4.78 is 1.54. The molecular formula is C10H15N3O3. The van der Waals surface area contributed by atoms with Gasteiger partial charge in [0.05, 0.1) is 11.3 Å². The maximum Gasteiger partial charge on any atom is 0.325 e. The summed E-state index contributed by atoms with van der Waals surface area (Å²) in [5.74, 6) is -1.46. The van der Waals surface area contributed by atoms with E-state index in [1.807, 2.05) is 6.92 Å². The predicted octanol–water partition coefficient (Wildman–Crippen LogP) is 0.185. The fraction of sp³-hybridized carbons (Fsp3) is 0.500. The minimum absolute atomic E-state index is 0.403. The quantitative estimate of drug-likeness (QED) is 0.765. The minimum atomic E-state index is -1.06. The number of hydrogen-bond donors (Lipinski definition) is 2. The number of rotatable bonds is 4. The Hall–Kier alpha value is -1.85. The number of carboxylic acid groups (broad SMARTS) is 1. The first kappa shape index (κ1) is 12.2. The van der Waals surface area contributed by atoms with E-state index in [1.54, 1.807) is 17.9 Å². The summed E-state index contributed by atoms with van der Waals surface area (Å²) in [4.78, 5) is 22.3. The molecule has 6 heteroatoms. The second kappa shape index (κ2) is 4.78. The number of nitrogens with zero attached hydrogens (tertiary/aromatic N) is 2. The number of amides is 1. The van der Waals surface area contributed by atoms with Crippen LogP contribution < -0.4 is 5.32 Å². The third-order valence-electron chi connectivity index (χ3n) is 2.20. The van der Waals surface area contributed by atoms with Crippen molar-refractivity contribution < 1.29 is 14.7 Å². The van der Waals surface area contributed by atoms with Crippen molar-refractivity contribution in [1.29, 1.82) is 0 Å². The SMILES string of the molecule is CCc1nn(C)cc1C(=O)NC(C)C(=O)O. The second-order valence-corrected chi connectivity index (χ2v) is 3.55. The zero-order valence-corrected chi connectivity index (χ0v) is 9.52. The Morgan fingerprint density at radius 1 is 1.62 bits per heavy atom. The number of aryl methyl sites for hydroxylation is 2. The Kier molecular flexibility index (Phi) is 3.65. The van der Waals surface area contributed by atoms with Gasteiger partial charge < -0.3 is 10.4 Å². The van der Waals surface area contributed by atoms with Crippen molar-refractivity contribution in [2.24, 2.45) is 7.05 Å². The number of carbonyl (C=O) groups excluding carboxylic acids is 1. The predicted molar refractivity (Wildman–Crippen MR) is 57.2 cm³/mol. The van der Waals surface area contributed by atoms with Gasteiger partial charge in [0.25, 0.3) is 5.91 Å². The molecule has 0 aliphatic heterocycles. The molecule has 1 atom stereocenters. The van der Waals surface area contributed by atoms with Gasteiger partial charge in [0.15, 0.2) is 0 Å². The van der Waals surface area contributed by atoms with Crippen LogP contribution in [0, 0.1) is 0 Å². The summed E-state index contributed by atoms with van der Waals surface area (Å²) in [6.07, 6.45) is 2.22. The van der Waals surface area contributed by atoms with Gasteiger partial charge in [-0.2, -0.15) is 5.10 Å². The van der Waals surface area contributed by atoms with E-state index in [9.17, 15) is 9.59 Å². The molecule has 0 fully saturated rings. The molecular weight excluding hydrogens is 210 g/mol. The van der Waals surface area contributed by atoms with Crippen LogP contribution in [0.15, 0.2) is 6.20 Å². The highest BCUT2D eigenvalue weighted by atomic mass is 16.4. The Bertz CT molecular complexity index is 411. The number of carbonyl (C=O) groups is 2. The van der Waals surface area contributed by atoms with Crippen molar-refractivity contribution in [3.05, 3.63) is 17.5 Å². The molecule has 0 saturated carbocycles. The van der Waals surface area contributed by atoms with Crippen molar-refractivity contribution in [2.45, 2.75) is 26.3 Å². The van der Waals surface area contributed by atoms with E-state index < -0.39 is 17.9 Å². The number of hydrogen-bond acceptors (Lipinski definition) is 3. The molecule has 1 rings (SSSR count). The molecule has 2 N–H and O–H groups in total. The van der Waals surface area contributed by atoms with E-state index in [2.05, 4.69) is 10.4 Å². The molecule has 0 spiro atoms. The maximum atomic E-state index is 11.7. The van der Waals surface area contributed by atoms with Crippen molar-refractivity contribution in [3.8, 4) is 0 Å². The molecule has 0 radical (unpaired) electrons. The van der Waals surface area contributed by atoms with Crippen LogP contribution in [-0.2, 0) is 18.3 Å². The zero-order valence-electron chi connectivity index (χ0n) is 9.52. The van der Waals surface area contributed by atoms with E-state index in [-0.39, 0.29) is 0 Å². The van der Waals surface area contributed by atoms with Crippen LogP contribution in [-0.4, -0.2) is 32.8 Å². The molecule has 0 saturated heterocycles. The fourth-order valence-corrected chi connectivity index (χ4v) is 1.32. The van der Waals surface area contributed by atoms with Crippen LogP contribution in [0.3, 0.4) is 0 Å². The molecule has 1 amide bonds. The lowest BCUT2D eigenvalue weighted by atomic mass is 10.2. The number of nitrogens with one attached hydrogen (secondary N) is 1. The highest BCUT2D eigenvalue weighted by Crippen LogP contribution is 2.07. The van der Waals surface area contributed by atoms with E-state index in [1.165, 1.54) is 6.92 Å². The topological polar surface area (TPSA) is 84.2 Å². The van der Waals surface area contributed by atoms with Crippen molar-refractivity contribution >= 4 is 11.9 Å². The fourth-order valence-electron chi connectivity index (χ4n) is 1.32. The average Bonchev–Trinajstić information content (AvgIpc) is 2.59. The van der Waals surface area contributed by atoms with Gasteiger partial charge in [0.2, 0.25) is 0 Å². The van der Waals surface area contributed by atoms with Crippen molar-refractivity contribution in [3.63, 3.8) is 0 Å². The largest absolute Gasteiger partial charge is 0.480 e. The normalized spacial score (nSPS) is 12.2. The third-order valence-corrected chi connectivity index (χ3v) is 2.20. The first-order valence-electron chi connectivity index (χ1n) is 5.01. The Morgan fingerprint density at radius 2 is 2.25 bits per heavy atom. The summed E-state index contributed by atoms with van der Waals surface area (Å²) in [5.41, 5.74) is 1.09. The lowest BCUT2D eigenvalue weighted by molar-refractivity contribution is -0.138. The molecule has 88 valence electrons. The van der Waals surface area contributed by atoms with Crippen LogP contribution in [0.4, 0.5) is 0 Å². The summed E-state index contributed by atoms with van der Waals surface area (Å²) in [7, 11) is 1.72. The Morgan fingerprint density at radius 3 is 2.75 bits per heavy atom. The highest BCUT2D eigenvalue weighted by Gasteiger charge is 2.19. The summed E-state index contributed by atoms with van der Waals surface area (Å²) in [6, 6.07) is -0.905. The number of aliphatic carboxylic acids is 1. The maximum absolute atomic E-state index is 11.7. The van der Waals surface area contributed by atoms with E-state index >= 15 is 0 Å². The van der Waals surface area contributed by atoms with E-state index in [0.717, 1.165) is 0 Å². The molecule has 0 bridgehead atoms. The molecule has 1 heterocycles. The van der Waals surface area contributed by atoms with Crippen molar-refractivity contribution in [2.75, 3.05) is 0 Å². The first-order valence-corrected chi connectivity index (χ1v) is 5.01. The van der Waals surface area contributed by atoms with Crippen LogP contribution in [0.1, 0.15) is 29.9 Å². The van der Waals surface area contributed by atoms with Gasteiger partial charge in [-0.3, -0.25) is 14.3 Å². The highest BCUT2D eigenvalue weighted by molar-refractivity contribution is 5.97. The first-order chi connectivity index (χ1) is 7.45. The second-order valence-electron chi connectivity index (χ2n) is 3.55. The van der Waals surface area contributed by atoms with Crippen LogP contribution >= 0.6 is 0 Å². The van der Waals surface area contributed by atoms with E-state index in [0.29, 0.717) is 17.7 Å². The van der Waals surface area contributed by atoms with Crippen LogP contribution in [0.2, 0.25) is 0 Å². The minimum Gasteiger partial charge on any atom is -0.480 e. The summed E-state index contributed by atoms with van der Waals surface area (Å²) in [5, 5.41) is 15.2. The molecule has 0 aliphatic rings. The number of aromatic nitrogens is 2. The van der Waals surface area contributed by atoms with Gasteiger partial charge in [-0.25, -0.2) is 0 Å². The molecule has 1 aromatic heterocycles. The Balaban J connectivity index is 2.84. The summed E-state index contributed by atoms with van der Waals surface area (Å²) in [6.45, 7) is 3.31. The summed E-state index contributed by atoms with van der Waals surface area (Å²) >= 11 is 0. The average molecular weight is 225 g/mol. The molecule has 1 unspecified atom stereocenters. The van der Waals surface area contributed by atoms with Gasteiger partial charge in [0, 0.05) is 13.2 Å². The van der Waals surface area contributed by atoms with E-state index in [4.69, 9.17) is 5.11 Å². The monoisotopic (exact) mass is 225 g/mol. The van der Waals surface area contributed by atoms with Gasteiger partial charge in [-0.05, 0) is 13.3 Å². The van der Waals surface area contributed by atoms with Crippen LogP contribution in [0.25, 0.3) is 0 Å². The molecule has 6 nitrogen and oxygen atoms in total. The van der Waals surface area contributed by atoms with Gasteiger partial charge in [-0.15, -0.1) is 0 Å². The third kappa shape index (κ3) is 2.59. The molecule has 1 aromatic rings. The van der Waals surface area contributed by atoms with Gasteiger partial charge in [-0.1, -0.05) is 6.92 Å². The van der Waals surface area contributed by atoms with Crippen LogP contribution in [0.5, 0.6) is 0 Å². The molecule has 0 aliphatic carbocycles. The van der Waals surface area contributed by atoms with Gasteiger partial charge >= 0.3 is 5.97 Å². The van der Waals surface area contributed by atoms with Crippen molar-refractivity contribution in [1.82, 2.24) is 15.1 Å². The lowest BCUT2D eigenvalue weighted by Gasteiger charge is -2.08. The molecule has 0 aromatic carbocycles. The zero-order chi connectivity index (χ0) is 12.3. The smallest absolute Gasteiger partial charge is 0.325 e.